The van der Waals surface area contributed by atoms with Gasteiger partial charge in [-0.25, -0.2) is 9.20 Å². The third-order valence-corrected chi connectivity index (χ3v) is 3.75. The van der Waals surface area contributed by atoms with Gasteiger partial charge in [-0.2, -0.15) is 23.3 Å². The Bertz CT molecular complexity index is 1140. The lowest BCUT2D eigenvalue weighted by Crippen LogP contribution is -2.19. The number of halogens is 3. The fraction of sp³-hybridized carbons (Fsp3) is 0.214. The van der Waals surface area contributed by atoms with Crippen LogP contribution in [0.15, 0.2) is 30.7 Å². The van der Waals surface area contributed by atoms with Crippen LogP contribution >= 0.6 is 0 Å². The van der Waals surface area contributed by atoms with E-state index in [0.29, 0.717) is 11.2 Å². The number of nitrogens with zero attached hydrogens (tertiary/aromatic N) is 9. The minimum absolute atomic E-state index is 0.0382. The molecule has 0 spiro atoms. The van der Waals surface area contributed by atoms with Crippen molar-refractivity contribution in [3.05, 3.63) is 36.4 Å². The number of nitrogens with one attached hydrogen (secondary N) is 1. The van der Waals surface area contributed by atoms with Crippen molar-refractivity contribution >= 4 is 17.5 Å². The van der Waals surface area contributed by atoms with E-state index in [1.54, 1.807) is 12.1 Å². The van der Waals surface area contributed by atoms with Gasteiger partial charge in [0, 0.05) is 18.8 Å². The van der Waals surface area contributed by atoms with E-state index in [1.165, 1.54) is 28.8 Å². The van der Waals surface area contributed by atoms with Crippen molar-refractivity contribution in [2.45, 2.75) is 12.7 Å². The number of aryl methyl sites for hydroxylation is 1. The van der Waals surface area contributed by atoms with Crippen LogP contribution in [-0.2, 0) is 24.6 Å². The number of hydrogen-bond donors (Lipinski definition) is 1. The van der Waals surface area contributed by atoms with Crippen molar-refractivity contribution in [2.75, 3.05) is 5.32 Å². The van der Waals surface area contributed by atoms with Crippen LogP contribution in [0.2, 0.25) is 0 Å². The van der Waals surface area contributed by atoms with Gasteiger partial charge >= 0.3 is 6.18 Å². The van der Waals surface area contributed by atoms with Crippen LogP contribution in [0, 0.1) is 0 Å². The summed E-state index contributed by atoms with van der Waals surface area (Å²) in [5, 5.41) is 20.5. The Morgan fingerprint density at radius 2 is 2.07 bits per heavy atom. The van der Waals surface area contributed by atoms with Gasteiger partial charge in [-0.05, 0) is 28.6 Å². The third-order valence-electron chi connectivity index (χ3n) is 3.75. The number of aromatic nitrogens is 9. The zero-order valence-electron chi connectivity index (χ0n) is 14.2. The summed E-state index contributed by atoms with van der Waals surface area (Å²) in [6.07, 6.45) is -1.76. The molecular weight excluding hydrogens is 381 g/mol. The van der Waals surface area contributed by atoms with Crippen LogP contribution in [0.3, 0.4) is 0 Å². The second-order valence-corrected chi connectivity index (χ2v) is 5.75. The van der Waals surface area contributed by atoms with Crippen molar-refractivity contribution in [1.29, 1.82) is 0 Å². The van der Waals surface area contributed by atoms with Crippen LogP contribution in [0.4, 0.5) is 19.1 Å². The minimum Gasteiger partial charge on any atom is -0.292 e. The number of amides is 1. The molecule has 1 N–H and O–H groups in total. The lowest BCUT2D eigenvalue weighted by molar-refractivity contribution is -0.141. The van der Waals surface area contributed by atoms with Crippen LogP contribution in [0.25, 0.3) is 16.9 Å². The fourth-order valence-corrected chi connectivity index (χ4v) is 2.53. The number of alkyl halides is 3. The molecule has 0 saturated carbocycles. The van der Waals surface area contributed by atoms with Gasteiger partial charge in [-0.3, -0.25) is 14.8 Å². The summed E-state index contributed by atoms with van der Waals surface area (Å²) in [5.74, 6) is -0.402. The number of rotatable bonds is 4. The molecule has 0 aliphatic heterocycles. The van der Waals surface area contributed by atoms with Gasteiger partial charge in [0.25, 0.3) is 0 Å². The largest absolute Gasteiger partial charge is 0.435 e. The second-order valence-electron chi connectivity index (χ2n) is 5.75. The summed E-state index contributed by atoms with van der Waals surface area (Å²) in [5.41, 5.74) is 0.127. The predicted octanol–water partition coefficient (Wildman–Crippen LogP) is 0.774. The Labute approximate surface area is 153 Å². The van der Waals surface area contributed by atoms with Crippen molar-refractivity contribution < 1.29 is 18.0 Å². The number of hydrogen-bond acceptors (Lipinski definition) is 7. The second kappa shape index (κ2) is 6.40. The van der Waals surface area contributed by atoms with Gasteiger partial charge < -0.3 is 0 Å². The van der Waals surface area contributed by atoms with E-state index in [1.807, 2.05) is 0 Å². The summed E-state index contributed by atoms with van der Waals surface area (Å²) in [4.78, 5) is 16.1. The van der Waals surface area contributed by atoms with E-state index in [-0.39, 0.29) is 18.2 Å². The lowest BCUT2D eigenvalue weighted by Gasteiger charge is -2.01. The van der Waals surface area contributed by atoms with Gasteiger partial charge in [0.1, 0.15) is 12.9 Å². The highest BCUT2D eigenvalue weighted by atomic mass is 19.4. The summed E-state index contributed by atoms with van der Waals surface area (Å²) in [6, 6.07) is 4.11. The molecule has 4 heterocycles. The first-order valence-corrected chi connectivity index (χ1v) is 7.78. The van der Waals surface area contributed by atoms with E-state index >= 15 is 0 Å². The Morgan fingerprint density at radius 3 is 2.75 bits per heavy atom. The monoisotopic (exact) mass is 392 g/mol. The van der Waals surface area contributed by atoms with E-state index in [0.717, 1.165) is 10.7 Å². The van der Waals surface area contributed by atoms with Crippen LogP contribution in [0.5, 0.6) is 0 Å². The van der Waals surface area contributed by atoms with E-state index in [9.17, 15) is 18.0 Å². The molecule has 4 rings (SSSR count). The van der Waals surface area contributed by atoms with E-state index in [2.05, 4.69) is 36.0 Å². The van der Waals surface area contributed by atoms with Crippen LogP contribution < -0.4 is 5.32 Å². The molecule has 4 aromatic heterocycles. The van der Waals surface area contributed by atoms with Crippen molar-refractivity contribution in [1.82, 2.24) is 44.6 Å². The molecular formula is C14H11F3N10O. The number of anilines is 1. The molecule has 0 aliphatic carbocycles. The third kappa shape index (κ3) is 3.38. The first-order valence-electron chi connectivity index (χ1n) is 7.78. The van der Waals surface area contributed by atoms with Gasteiger partial charge in [-0.1, -0.05) is 0 Å². The molecule has 0 fully saturated rings. The van der Waals surface area contributed by atoms with E-state index < -0.39 is 17.8 Å². The Morgan fingerprint density at radius 1 is 1.25 bits per heavy atom. The van der Waals surface area contributed by atoms with Crippen LogP contribution in [0.1, 0.15) is 5.69 Å². The average molecular weight is 392 g/mol. The molecule has 0 unspecified atom stereocenters. The maximum Gasteiger partial charge on any atom is 0.435 e. The average Bonchev–Trinajstić information content (AvgIpc) is 3.32. The zero-order chi connectivity index (χ0) is 19.9. The maximum absolute atomic E-state index is 12.9. The molecule has 1 amide bonds. The normalized spacial score (nSPS) is 11.9. The van der Waals surface area contributed by atoms with E-state index in [4.69, 9.17) is 0 Å². The van der Waals surface area contributed by atoms with Gasteiger partial charge in [0.05, 0.1) is 5.69 Å². The molecule has 4 aromatic rings. The molecule has 0 saturated heterocycles. The molecule has 28 heavy (non-hydrogen) atoms. The predicted molar refractivity (Wildman–Crippen MR) is 86.6 cm³/mol. The lowest BCUT2D eigenvalue weighted by atomic mass is 10.2. The summed E-state index contributed by atoms with van der Waals surface area (Å²) in [7, 11) is 1.42. The summed E-state index contributed by atoms with van der Waals surface area (Å²) >= 11 is 0. The first-order chi connectivity index (χ1) is 13.3. The van der Waals surface area contributed by atoms with Crippen LogP contribution in [-0.4, -0.2) is 50.5 Å². The van der Waals surface area contributed by atoms with Crippen molar-refractivity contribution in [3.8, 4) is 11.3 Å². The quantitative estimate of drug-likeness (QED) is 0.545. The van der Waals surface area contributed by atoms with Crippen molar-refractivity contribution in [3.63, 3.8) is 0 Å². The van der Waals surface area contributed by atoms with Gasteiger partial charge in [0.2, 0.25) is 11.9 Å². The number of pyridine rings is 1. The zero-order valence-corrected chi connectivity index (χ0v) is 14.2. The molecule has 11 nitrogen and oxygen atoms in total. The molecule has 14 heteroatoms. The maximum atomic E-state index is 12.9. The Balaban J connectivity index is 1.58. The smallest absolute Gasteiger partial charge is 0.292 e. The number of fused-ring (bicyclic) bond motifs is 1. The SMILES string of the molecule is Cn1nc(C(F)(F)F)cc1-c1ccc2nc(NC(=O)Cn3cnnn3)nn2c1. The molecule has 0 bridgehead atoms. The minimum atomic E-state index is -4.54. The first kappa shape index (κ1) is 17.6. The highest BCUT2D eigenvalue weighted by Crippen LogP contribution is 2.31. The topological polar surface area (TPSA) is 121 Å². The molecule has 0 aliphatic rings. The number of carbonyl (C=O) groups is 1. The highest BCUT2D eigenvalue weighted by Gasteiger charge is 2.34. The summed E-state index contributed by atoms with van der Waals surface area (Å²) < 4.78 is 42.3. The van der Waals surface area contributed by atoms with Gasteiger partial charge in [-0.15, -0.1) is 10.2 Å². The molecule has 144 valence electrons. The standard InChI is InChI=1S/C14H11F3N10O/c1-25-9(4-10(21-25)14(15,16)17)8-2-3-11-19-13(22-27(11)5-8)20-12(28)6-26-7-18-23-24-26/h2-5,7H,6H2,1H3,(H,20,22,28). The Hall–Kier alpha value is -3.84. The van der Waals surface area contributed by atoms with Gasteiger partial charge in [0.15, 0.2) is 11.3 Å². The Kier molecular flexibility index (Phi) is 4.01. The molecule has 0 radical (unpaired) electrons. The number of carbonyl (C=O) groups excluding carboxylic acids is 1. The molecule has 0 aromatic carbocycles. The fourth-order valence-electron chi connectivity index (χ4n) is 2.53. The molecule has 0 atom stereocenters. The van der Waals surface area contributed by atoms with Crippen molar-refractivity contribution in [2.24, 2.45) is 7.05 Å². The number of tetrazole rings is 1. The highest BCUT2D eigenvalue weighted by molar-refractivity contribution is 5.88. The summed E-state index contributed by atoms with van der Waals surface area (Å²) in [6.45, 7) is -0.122.